The minimum Gasteiger partial charge on any atom is -0.456 e. The first kappa shape index (κ1) is 34.1. The summed E-state index contributed by atoms with van der Waals surface area (Å²) in [5, 5.41) is 11.4. The first-order valence-electron chi connectivity index (χ1n) is 19.9. The summed E-state index contributed by atoms with van der Waals surface area (Å²) in [4.78, 5) is 15.4. The van der Waals surface area contributed by atoms with Gasteiger partial charge in [0.15, 0.2) is 17.5 Å². The molecule has 56 heavy (non-hydrogen) atoms. The van der Waals surface area contributed by atoms with E-state index in [0.717, 1.165) is 73.1 Å². The van der Waals surface area contributed by atoms with Gasteiger partial charge in [-0.25, -0.2) is 15.0 Å². The lowest BCUT2D eigenvalue weighted by molar-refractivity contribution is 0.0780. The zero-order valence-corrected chi connectivity index (χ0v) is 31.7. The molecule has 2 fully saturated rings. The highest BCUT2D eigenvalue weighted by Crippen LogP contribution is 2.54. The van der Waals surface area contributed by atoms with Gasteiger partial charge in [0.1, 0.15) is 11.2 Å². The Balaban J connectivity index is 1.04. The Morgan fingerprint density at radius 2 is 1.09 bits per heavy atom. The van der Waals surface area contributed by atoms with E-state index in [0.29, 0.717) is 23.0 Å². The second-order valence-electron chi connectivity index (χ2n) is 16.5. The number of hydrogen-bond acceptors (Lipinski definition) is 5. The van der Waals surface area contributed by atoms with Crippen LogP contribution in [-0.4, -0.2) is 15.0 Å². The maximum absolute atomic E-state index is 9.45. The molecule has 5 heteroatoms. The van der Waals surface area contributed by atoms with Crippen molar-refractivity contribution in [2.24, 2.45) is 17.8 Å². The monoisotopic (exact) mass is 726 g/mol. The fraction of sp³-hybridized carbons (Fsp3) is 0.216. The van der Waals surface area contributed by atoms with Crippen LogP contribution in [0.3, 0.4) is 0 Å². The molecule has 272 valence electrons. The molecule has 5 nitrogen and oxygen atoms in total. The Morgan fingerprint density at radius 1 is 0.518 bits per heavy atom. The smallest absolute Gasteiger partial charge is 0.164 e. The molecule has 0 amide bonds. The van der Waals surface area contributed by atoms with Gasteiger partial charge in [-0.3, -0.25) is 0 Å². The van der Waals surface area contributed by atoms with Crippen molar-refractivity contribution in [2.45, 2.75) is 51.4 Å². The van der Waals surface area contributed by atoms with E-state index in [1.165, 1.54) is 43.2 Å². The maximum atomic E-state index is 9.45. The third-order valence-corrected chi connectivity index (χ3v) is 12.3. The van der Waals surface area contributed by atoms with E-state index >= 15 is 0 Å². The summed E-state index contributed by atoms with van der Waals surface area (Å²) >= 11 is 0. The largest absolute Gasteiger partial charge is 0.456 e. The number of fused-ring (bicyclic) bond motifs is 5. The highest BCUT2D eigenvalue weighted by atomic mass is 16.3. The summed E-state index contributed by atoms with van der Waals surface area (Å²) in [5.74, 6) is 4.29. The van der Waals surface area contributed by atoms with Gasteiger partial charge in [0.05, 0.1) is 11.6 Å². The molecule has 8 aromatic rings. The van der Waals surface area contributed by atoms with Crippen molar-refractivity contribution in [2.75, 3.05) is 0 Å². The average molecular weight is 727 g/mol. The average Bonchev–Trinajstić information content (AvgIpc) is 3.60. The molecular formula is C51H42N4O. The Bertz CT molecular complexity index is 2760. The second kappa shape index (κ2) is 13.7. The third kappa shape index (κ3) is 6.26. The molecule has 1 unspecified atom stereocenters. The van der Waals surface area contributed by atoms with E-state index < -0.39 is 0 Å². The van der Waals surface area contributed by atoms with Crippen molar-refractivity contribution >= 4 is 21.9 Å². The van der Waals surface area contributed by atoms with Gasteiger partial charge < -0.3 is 4.42 Å². The van der Waals surface area contributed by atoms with Gasteiger partial charge in [-0.05, 0) is 119 Å². The molecule has 10 rings (SSSR count). The van der Waals surface area contributed by atoms with Gasteiger partial charge in [-0.15, -0.1) is 0 Å². The van der Waals surface area contributed by atoms with Crippen LogP contribution in [0.1, 0.15) is 57.1 Å². The van der Waals surface area contributed by atoms with E-state index in [2.05, 4.69) is 135 Å². The number of nitriles is 1. The topological polar surface area (TPSA) is 75.6 Å². The standard InChI is InChI=1S/C51H42N4O/c1-32-23-35-24-33(2)29-51(28-32,30-35)43-19-16-39(17-20-43)49-53-48(38-14-12-37(13-15-38)36-7-4-3-5-8-36)54-50(55-49)42-10-6-9-40(26-42)41-18-21-44-45-25-34(31-52)11-22-46(45)56-47(44)27-41/h3-22,25-27,32-33,35H,23-24,28-30H2,1-2H3/t32-,33+,35-,51?. The summed E-state index contributed by atoms with van der Waals surface area (Å²) in [6.45, 7) is 4.90. The molecule has 2 aliphatic carbocycles. The van der Waals surface area contributed by atoms with Gasteiger partial charge in [-0.2, -0.15) is 5.26 Å². The minimum atomic E-state index is 0.264. The van der Waals surface area contributed by atoms with Gasteiger partial charge in [-0.1, -0.05) is 117 Å². The molecule has 6 aromatic carbocycles. The fourth-order valence-electron chi connectivity index (χ4n) is 10.1. The number of furan rings is 1. The minimum absolute atomic E-state index is 0.264. The lowest BCUT2D eigenvalue weighted by Crippen LogP contribution is -2.42. The van der Waals surface area contributed by atoms with Crippen LogP contribution in [0.4, 0.5) is 0 Å². The van der Waals surface area contributed by atoms with Crippen LogP contribution in [0.15, 0.2) is 144 Å². The number of aromatic nitrogens is 3. The molecule has 0 aliphatic heterocycles. The normalized spacial score (nSPS) is 20.6. The zero-order chi connectivity index (χ0) is 37.8. The third-order valence-electron chi connectivity index (χ3n) is 12.3. The van der Waals surface area contributed by atoms with Crippen LogP contribution in [0, 0.1) is 29.1 Å². The molecule has 0 N–H and O–H groups in total. The van der Waals surface area contributed by atoms with Gasteiger partial charge >= 0.3 is 0 Å². The lowest BCUT2D eigenvalue weighted by Gasteiger charge is -2.50. The van der Waals surface area contributed by atoms with E-state index in [1.54, 1.807) is 6.07 Å². The van der Waals surface area contributed by atoms with Crippen molar-refractivity contribution in [1.29, 1.82) is 5.26 Å². The van der Waals surface area contributed by atoms with E-state index in [9.17, 15) is 5.26 Å². The van der Waals surface area contributed by atoms with E-state index in [4.69, 9.17) is 19.4 Å². The van der Waals surface area contributed by atoms with Crippen molar-refractivity contribution in [3.8, 4) is 62.5 Å². The summed E-state index contributed by atoms with van der Waals surface area (Å²) in [5.41, 5.74) is 11.1. The van der Waals surface area contributed by atoms with Crippen molar-refractivity contribution in [3.05, 3.63) is 151 Å². The van der Waals surface area contributed by atoms with Crippen molar-refractivity contribution in [1.82, 2.24) is 15.0 Å². The number of rotatable bonds is 6. The predicted molar refractivity (Wildman–Crippen MR) is 226 cm³/mol. The maximum Gasteiger partial charge on any atom is 0.164 e. The van der Waals surface area contributed by atoms with Crippen LogP contribution in [0.5, 0.6) is 0 Å². The molecule has 2 aromatic heterocycles. The molecule has 2 aliphatic rings. The number of nitrogens with zero attached hydrogens (tertiary/aromatic N) is 4. The Morgan fingerprint density at radius 3 is 1.79 bits per heavy atom. The van der Waals surface area contributed by atoms with Gasteiger partial charge in [0.2, 0.25) is 0 Å². The second-order valence-corrected chi connectivity index (χ2v) is 16.5. The van der Waals surface area contributed by atoms with Crippen LogP contribution >= 0.6 is 0 Å². The van der Waals surface area contributed by atoms with E-state index in [-0.39, 0.29) is 5.41 Å². The Kier molecular flexibility index (Phi) is 8.37. The number of hydrogen-bond donors (Lipinski definition) is 0. The first-order chi connectivity index (χ1) is 27.4. The van der Waals surface area contributed by atoms with Crippen molar-refractivity contribution < 1.29 is 4.42 Å². The predicted octanol–water partition coefficient (Wildman–Crippen LogP) is 13.1. The highest BCUT2D eigenvalue weighted by molar-refractivity contribution is 6.06. The molecule has 2 bridgehead atoms. The van der Waals surface area contributed by atoms with Crippen molar-refractivity contribution in [3.63, 3.8) is 0 Å². The number of benzene rings is 6. The van der Waals surface area contributed by atoms with Crippen LogP contribution in [0.25, 0.3) is 78.4 Å². The molecule has 2 heterocycles. The lowest BCUT2D eigenvalue weighted by atomic mass is 9.54. The SMILES string of the molecule is C[C@@H]1C[C@@H]2C[C@H](C)CC(c3ccc(-c4nc(-c5ccc(-c6ccccc6)cc5)nc(-c5cccc(-c6ccc7c(c6)oc6ccc(C#N)cc67)c5)n4)cc3)(C1)C2. The summed E-state index contributed by atoms with van der Waals surface area (Å²) in [6.07, 6.45) is 6.59. The summed E-state index contributed by atoms with van der Waals surface area (Å²) in [6, 6.07) is 50.5. The summed E-state index contributed by atoms with van der Waals surface area (Å²) in [7, 11) is 0. The van der Waals surface area contributed by atoms with Crippen LogP contribution < -0.4 is 0 Å². The molecule has 0 spiro atoms. The molecule has 4 atom stereocenters. The molecule has 0 saturated heterocycles. The quantitative estimate of drug-likeness (QED) is 0.170. The Hall–Kier alpha value is -6.38. The molecule has 2 saturated carbocycles. The van der Waals surface area contributed by atoms with E-state index in [1.807, 2.05) is 18.2 Å². The van der Waals surface area contributed by atoms with Gasteiger partial charge in [0, 0.05) is 27.5 Å². The van der Waals surface area contributed by atoms with Crippen LogP contribution in [0.2, 0.25) is 0 Å². The van der Waals surface area contributed by atoms with Gasteiger partial charge in [0.25, 0.3) is 0 Å². The summed E-state index contributed by atoms with van der Waals surface area (Å²) < 4.78 is 6.23. The van der Waals surface area contributed by atoms with Crippen LogP contribution in [-0.2, 0) is 5.41 Å². The fourth-order valence-corrected chi connectivity index (χ4v) is 10.1. The highest BCUT2D eigenvalue weighted by Gasteiger charge is 2.45. The molecule has 0 radical (unpaired) electrons. The first-order valence-corrected chi connectivity index (χ1v) is 19.9. The molecular weight excluding hydrogens is 685 g/mol. The zero-order valence-electron chi connectivity index (χ0n) is 31.7. The Labute approximate surface area is 327 Å².